The topological polar surface area (TPSA) is 21.3 Å². The van der Waals surface area contributed by atoms with Crippen molar-refractivity contribution in [1.29, 1.82) is 0 Å². The second kappa shape index (κ2) is 5.19. The van der Waals surface area contributed by atoms with Crippen LogP contribution in [0.15, 0.2) is 16.6 Å². The Hall–Kier alpha value is -0.540. The lowest BCUT2D eigenvalue weighted by Gasteiger charge is -2.17. The number of methoxy groups -OCH3 is 1. The van der Waals surface area contributed by atoms with E-state index in [1.807, 2.05) is 0 Å². The first-order chi connectivity index (χ1) is 7.72. The summed E-state index contributed by atoms with van der Waals surface area (Å²) in [6.07, 6.45) is 3.63. The summed E-state index contributed by atoms with van der Waals surface area (Å²) in [4.78, 5) is 0. The Balaban J connectivity index is 2.26. The van der Waals surface area contributed by atoms with Crippen LogP contribution in [0.1, 0.15) is 24.0 Å². The predicted molar refractivity (Wildman–Crippen MR) is 70.2 cm³/mol. The molecule has 0 radical (unpaired) electrons. The highest BCUT2D eigenvalue weighted by Gasteiger charge is 2.19. The third kappa shape index (κ3) is 2.41. The molecular formula is C13H18BrNO. The highest BCUT2D eigenvalue weighted by Crippen LogP contribution is 2.32. The molecule has 0 bridgehead atoms. The molecule has 0 saturated carbocycles. The van der Waals surface area contributed by atoms with Gasteiger partial charge in [0.05, 0.1) is 11.6 Å². The molecule has 0 aliphatic carbocycles. The van der Waals surface area contributed by atoms with Crippen molar-refractivity contribution in [3.8, 4) is 5.75 Å². The van der Waals surface area contributed by atoms with E-state index in [0.29, 0.717) is 6.04 Å². The van der Waals surface area contributed by atoms with Crippen LogP contribution in [0.25, 0.3) is 0 Å². The lowest BCUT2D eigenvalue weighted by molar-refractivity contribution is 0.403. The molecule has 1 aromatic rings. The second-order valence-electron chi connectivity index (χ2n) is 4.37. The standard InChI is InChI=1S/C13H18BrNO/c1-9-5-6-12(14)13(16-2)11(9)8-10-4-3-7-15-10/h5-6,10,15H,3-4,7-8H2,1-2H3. The first-order valence-corrected chi connectivity index (χ1v) is 6.57. The molecular weight excluding hydrogens is 266 g/mol. The molecule has 0 spiro atoms. The summed E-state index contributed by atoms with van der Waals surface area (Å²) in [6, 6.07) is 4.82. The van der Waals surface area contributed by atoms with Crippen LogP contribution in [0.4, 0.5) is 0 Å². The lowest BCUT2D eigenvalue weighted by Crippen LogP contribution is -2.24. The van der Waals surface area contributed by atoms with Crippen molar-refractivity contribution < 1.29 is 4.74 Å². The maximum Gasteiger partial charge on any atom is 0.136 e. The Morgan fingerprint density at radius 2 is 2.31 bits per heavy atom. The monoisotopic (exact) mass is 283 g/mol. The van der Waals surface area contributed by atoms with Gasteiger partial charge in [-0.25, -0.2) is 0 Å². The van der Waals surface area contributed by atoms with Gasteiger partial charge in [-0.2, -0.15) is 0 Å². The second-order valence-corrected chi connectivity index (χ2v) is 5.23. The molecule has 2 rings (SSSR count). The first kappa shape index (κ1) is 11.9. The van der Waals surface area contributed by atoms with Gasteiger partial charge in [-0.05, 0) is 65.9 Å². The molecule has 1 heterocycles. The summed E-state index contributed by atoms with van der Waals surface area (Å²) in [6.45, 7) is 3.30. The smallest absolute Gasteiger partial charge is 0.136 e. The lowest BCUT2D eigenvalue weighted by atomic mass is 9.99. The van der Waals surface area contributed by atoms with Crippen molar-refractivity contribution in [2.24, 2.45) is 0 Å². The van der Waals surface area contributed by atoms with Gasteiger partial charge in [-0.1, -0.05) is 6.07 Å². The minimum Gasteiger partial charge on any atom is -0.495 e. The Labute approximate surface area is 106 Å². The molecule has 2 nitrogen and oxygen atoms in total. The summed E-state index contributed by atoms with van der Waals surface area (Å²) in [5.41, 5.74) is 2.64. The van der Waals surface area contributed by atoms with Crippen LogP contribution in [0, 0.1) is 6.92 Å². The zero-order chi connectivity index (χ0) is 11.5. The van der Waals surface area contributed by atoms with Crippen molar-refractivity contribution in [3.63, 3.8) is 0 Å². The summed E-state index contributed by atoms with van der Waals surface area (Å²) >= 11 is 3.55. The van der Waals surface area contributed by atoms with E-state index in [-0.39, 0.29) is 0 Å². The minimum absolute atomic E-state index is 0.613. The van der Waals surface area contributed by atoms with Crippen LogP contribution < -0.4 is 10.1 Å². The minimum atomic E-state index is 0.613. The van der Waals surface area contributed by atoms with Gasteiger partial charge in [0.25, 0.3) is 0 Å². The fourth-order valence-electron chi connectivity index (χ4n) is 2.35. The van der Waals surface area contributed by atoms with E-state index in [1.165, 1.54) is 24.0 Å². The summed E-state index contributed by atoms with van der Waals surface area (Å²) in [5.74, 6) is 0.994. The normalized spacial score (nSPS) is 20.1. The SMILES string of the molecule is COc1c(Br)ccc(C)c1CC1CCCN1. The summed E-state index contributed by atoms with van der Waals surface area (Å²) < 4.78 is 6.54. The zero-order valence-electron chi connectivity index (χ0n) is 9.85. The number of nitrogens with one attached hydrogen (secondary N) is 1. The third-order valence-corrected chi connectivity index (χ3v) is 3.89. The maximum absolute atomic E-state index is 5.49. The van der Waals surface area contributed by atoms with Crippen LogP contribution in [0.5, 0.6) is 5.75 Å². The molecule has 0 aromatic heterocycles. The molecule has 1 atom stereocenters. The number of ether oxygens (including phenoxy) is 1. The Kier molecular flexibility index (Phi) is 3.87. The largest absolute Gasteiger partial charge is 0.495 e. The molecule has 1 aliphatic rings. The fourth-order valence-corrected chi connectivity index (χ4v) is 2.88. The quantitative estimate of drug-likeness (QED) is 0.921. The van der Waals surface area contributed by atoms with E-state index in [9.17, 15) is 0 Å². The van der Waals surface area contributed by atoms with Crippen LogP contribution >= 0.6 is 15.9 Å². The zero-order valence-corrected chi connectivity index (χ0v) is 11.4. The average Bonchev–Trinajstić information content (AvgIpc) is 2.77. The first-order valence-electron chi connectivity index (χ1n) is 5.77. The van der Waals surface area contributed by atoms with Crippen LogP contribution in [0.2, 0.25) is 0 Å². The predicted octanol–water partition coefficient (Wildman–Crippen LogP) is 3.06. The third-order valence-electron chi connectivity index (χ3n) is 3.26. The Bertz CT molecular complexity index is 372. The van der Waals surface area contributed by atoms with Crippen LogP contribution in [-0.2, 0) is 6.42 Å². The average molecular weight is 284 g/mol. The van der Waals surface area contributed by atoms with Crippen molar-refractivity contribution in [3.05, 3.63) is 27.7 Å². The molecule has 1 fully saturated rings. The van der Waals surface area contributed by atoms with Gasteiger partial charge in [0.15, 0.2) is 0 Å². The fraction of sp³-hybridized carbons (Fsp3) is 0.538. The number of halogens is 1. The van der Waals surface area contributed by atoms with Gasteiger partial charge in [0.1, 0.15) is 5.75 Å². The number of hydrogen-bond acceptors (Lipinski definition) is 2. The van der Waals surface area contributed by atoms with Crippen molar-refractivity contribution in [2.75, 3.05) is 13.7 Å². The van der Waals surface area contributed by atoms with E-state index in [4.69, 9.17) is 4.74 Å². The number of hydrogen-bond donors (Lipinski definition) is 1. The van der Waals surface area contributed by atoms with Crippen LogP contribution in [0.3, 0.4) is 0 Å². The highest BCUT2D eigenvalue weighted by atomic mass is 79.9. The molecule has 1 unspecified atom stereocenters. The van der Waals surface area contributed by atoms with E-state index < -0.39 is 0 Å². The number of aryl methyl sites for hydroxylation is 1. The van der Waals surface area contributed by atoms with Gasteiger partial charge in [0, 0.05) is 6.04 Å². The molecule has 16 heavy (non-hydrogen) atoms. The molecule has 1 saturated heterocycles. The molecule has 1 N–H and O–H groups in total. The van der Waals surface area contributed by atoms with Crippen LogP contribution in [-0.4, -0.2) is 19.7 Å². The Morgan fingerprint density at radius 1 is 1.50 bits per heavy atom. The van der Waals surface area contributed by atoms with Gasteiger partial charge < -0.3 is 10.1 Å². The Morgan fingerprint density at radius 3 is 2.94 bits per heavy atom. The van der Waals surface area contributed by atoms with E-state index in [0.717, 1.165) is 23.2 Å². The number of rotatable bonds is 3. The van der Waals surface area contributed by atoms with Gasteiger partial charge in [-0.3, -0.25) is 0 Å². The molecule has 1 aromatic carbocycles. The maximum atomic E-state index is 5.49. The molecule has 0 amide bonds. The van der Waals surface area contributed by atoms with Gasteiger partial charge >= 0.3 is 0 Å². The summed E-state index contributed by atoms with van der Waals surface area (Å²) in [7, 11) is 1.74. The molecule has 3 heteroatoms. The molecule has 88 valence electrons. The molecule has 1 aliphatic heterocycles. The summed E-state index contributed by atoms with van der Waals surface area (Å²) in [5, 5.41) is 3.53. The van der Waals surface area contributed by atoms with E-state index in [1.54, 1.807) is 7.11 Å². The number of benzene rings is 1. The van der Waals surface area contributed by atoms with Crippen molar-refractivity contribution in [2.45, 2.75) is 32.2 Å². The van der Waals surface area contributed by atoms with Crippen molar-refractivity contribution in [1.82, 2.24) is 5.32 Å². The van der Waals surface area contributed by atoms with E-state index in [2.05, 4.69) is 40.3 Å². The highest BCUT2D eigenvalue weighted by molar-refractivity contribution is 9.10. The van der Waals surface area contributed by atoms with Crippen molar-refractivity contribution >= 4 is 15.9 Å². The van der Waals surface area contributed by atoms with E-state index >= 15 is 0 Å². The van der Waals surface area contributed by atoms with Gasteiger partial charge in [-0.15, -0.1) is 0 Å². The van der Waals surface area contributed by atoms with Gasteiger partial charge in [0.2, 0.25) is 0 Å².